The number of hydrogen-bond donors (Lipinski definition) is 1. The Morgan fingerprint density at radius 3 is 2.69 bits per heavy atom. The zero-order valence-corrected chi connectivity index (χ0v) is 10.4. The summed E-state index contributed by atoms with van der Waals surface area (Å²) < 4.78 is 24.1. The summed E-state index contributed by atoms with van der Waals surface area (Å²) in [7, 11) is -3.46. The number of carbonyl (C=O) groups is 1. The molecule has 0 spiro atoms. The summed E-state index contributed by atoms with van der Waals surface area (Å²) in [5, 5.41) is 9.72. The highest BCUT2D eigenvalue weighted by Gasteiger charge is 2.27. The normalized spacial score (nSPS) is 16.7. The maximum absolute atomic E-state index is 11.7. The van der Waals surface area contributed by atoms with Crippen molar-refractivity contribution >= 4 is 37.3 Å². The van der Waals surface area contributed by atoms with Gasteiger partial charge in [-0.3, -0.25) is 4.79 Å². The molecule has 1 aliphatic heterocycles. The summed E-state index contributed by atoms with van der Waals surface area (Å²) in [4.78, 5) is 10.8. The van der Waals surface area contributed by atoms with Crippen molar-refractivity contribution in [3.8, 4) is 0 Å². The van der Waals surface area contributed by atoms with E-state index in [1.165, 1.54) is 6.07 Å². The lowest BCUT2D eigenvalue weighted by Gasteiger charge is -2.02. The monoisotopic (exact) mass is 302 g/mol. The highest BCUT2D eigenvalue weighted by atomic mass is 79.9. The van der Waals surface area contributed by atoms with Gasteiger partial charge in [0.1, 0.15) is 0 Å². The lowest BCUT2D eigenvalue weighted by Crippen LogP contribution is -1.96. The molecule has 0 radical (unpaired) electrons. The predicted octanol–water partition coefficient (Wildman–Crippen LogP) is 2.05. The first-order valence-electron chi connectivity index (χ1n) is 4.37. The minimum Gasteiger partial charge on any atom is -0.481 e. The third-order valence-electron chi connectivity index (χ3n) is 2.23. The zero-order valence-electron chi connectivity index (χ0n) is 7.97. The van der Waals surface area contributed by atoms with E-state index in [1.54, 1.807) is 12.1 Å². The second kappa shape index (κ2) is 3.71. The second-order valence-corrected chi connectivity index (χ2v) is 6.08. The number of carboxylic acid groups (broad SMARTS) is 1. The zero-order chi connectivity index (χ0) is 11.9. The summed E-state index contributed by atoms with van der Waals surface area (Å²) in [6, 6.07) is 4.71. The Labute approximate surface area is 101 Å². The van der Waals surface area contributed by atoms with Gasteiger partial charge >= 0.3 is 5.97 Å². The van der Waals surface area contributed by atoms with Crippen molar-refractivity contribution in [2.45, 2.75) is 11.3 Å². The summed E-state index contributed by atoms with van der Waals surface area (Å²) in [5.41, 5.74) is 0.792. The maximum Gasteiger partial charge on any atom is 0.307 e. The Balaban J connectivity index is 2.61. The van der Waals surface area contributed by atoms with E-state index in [0.717, 1.165) is 9.88 Å². The molecule has 0 atom stereocenters. The summed E-state index contributed by atoms with van der Waals surface area (Å²) in [6.45, 7) is 0. The first-order chi connectivity index (χ1) is 7.40. The van der Waals surface area contributed by atoms with Crippen LogP contribution < -0.4 is 0 Å². The fourth-order valence-electron chi connectivity index (χ4n) is 1.62. The summed E-state index contributed by atoms with van der Waals surface area (Å²) in [6.07, 6.45) is -0.289. The molecule has 0 saturated carbocycles. The average molecular weight is 303 g/mol. The van der Waals surface area contributed by atoms with Gasteiger partial charge in [0, 0.05) is 9.88 Å². The van der Waals surface area contributed by atoms with Gasteiger partial charge in [-0.1, -0.05) is 15.9 Å². The molecular formula is C10H7BrO4S. The van der Waals surface area contributed by atoms with E-state index in [0.29, 0.717) is 11.1 Å². The van der Waals surface area contributed by atoms with Crippen LogP contribution in [0.4, 0.5) is 0 Å². The molecule has 2 rings (SSSR count). The van der Waals surface area contributed by atoms with Crippen LogP contribution in [0.2, 0.25) is 0 Å². The van der Waals surface area contributed by atoms with E-state index < -0.39 is 15.8 Å². The van der Waals surface area contributed by atoms with Crippen molar-refractivity contribution in [3.05, 3.63) is 33.6 Å². The molecule has 0 bridgehead atoms. The van der Waals surface area contributed by atoms with Gasteiger partial charge in [0.05, 0.1) is 11.3 Å². The van der Waals surface area contributed by atoms with Gasteiger partial charge in [0.25, 0.3) is 0 Å². The molecule has 1 N–H and O–H groups in total. The number of halogens is 1. The molecule has 0 fully saturated rings. The topological polar surface area (TPSA) is 71.4 Å². The van der Waals surface area contributed by atoms with Gasteiger partial charge in [-0.25, -0.2) is 8.42 Å². The molecule has 0 unspecified atom stereocenters. The molecule has 0 aliphatic carbocycles. The van der Waals surface area contributed by atoms with Crippen molar-refractivity contribution in [1.29, 1.82) is 0 Å². The van der Waals surface area contributed by atoms with Crippen LogP contribution in [0.3, 0.4) is 0 Å². The molecular weight excluding hydrogens is 296 g/mol. The van der Waals surface area contributed by atoms with Crippen LogP contribution in [0, 0.1) is 0 Å². The Hall–Kier alpha value is -1.14. The number of carboxylic acids is 1. The minimum atomic E-state index is -3.46. The molecule has 1 heterocycles. The highest BCUT2D eigenvalue weighted by molar-refractivity contribution is 9.10. The summed E-state index contributed by atoms with van der Waals surface area (Å²) in [5.74, 6) is -1.05. The van der Waals surface area contributed by atoms with Crippen LogP contribution in [0.1, 0.15) is 12.0 Å². The van der Waals surface area contributed by atoms with Crippen LogP contribution in [-0.4, -0.2) is 19.5 Å². The van der Waals surface area contributed by atoms with Gasteiger partial charge < -0.3 is 5.11 Å². The number of hydrogen-bond acceptors (Lipinski definition) is 3. The third-order valence-corrected chi connectivity index (χ3v) is 4.29. The Morgan fingerprint density at radius 2 is 2.06 bits per heavy atom. The smallest absolute Gasteiger partial charge is 0.307 e. The van der Waals surface area contributed by atoms with Crippen LogP contribution in [0.25, 0.3) is 5.57 Å². The Morgan fingerprint density at radius 1 is 1.38 bits per heavy atom. The molecule has 0 amide bonds. The maximum atomic E-state index is 11.7. The predicted molar refractivity (Wildman–Crippen MR) is 61.6 cm³/mol. The van der Waals surface area contributed by atoms with Gasteiger partial charge in [-0.15, -0.1) is 0 Å². The molecule has 0 aromatic heterocycles. The largest absolute Gasteiger partial charge is 0.481 e. The third kappa shape index (κ3) is 1.90. The fraction of sp³-hybridized carbons (Fsp3) is 0.100. The first kappa shape index (κ1) is 11.3. The lowest BCUT2D eigenvalue weighted by molar-refractivity contribution is -0.135. The van der Waals surface area contributed by atoms with Gasteiger partial charge in [-0.2, -0.15) is 0 Å². The molecule has 16 heavy (non-hydrogen) atoms. The molecule has 0 saturated heterocycles. The number of aliphatic carboxylic acids is 1. The van der Waals surface area contributed by atoms with Crippen LogP contribution >= 0.6 is 15.9 Å². The van der Waals surface area contributed by atoms with Gasteiger partial charge in [0.15, 0.2) is 0 Å². The van der Waals surface area contributed by atoms with Crippen molar-refractivity contribution in [3.63, 3.8) is 0 Å². The Kier molecular flexibility index (Phi) is 2.63. The van der Waals surface area contributed by atoms with Gasteiger partial charge in [-0.05, 0) is 29.3 Å². The van der Waals surface area contributed by atoms with Crippen molar-refractivity contribution in [2.24, 2.45) is 0 Å². The molecule has 84 valence electrons. The average Bonchev–Trinajstić information content (AvgIpc) is 2.37. The lowest BCUT2D eigenvalue weighted by atomic mass is 10.1. The van der Waals surface area contributed by atoms with E-state index in [1.807, 2.05) is 0 Å². The van der Waals surface area contributed by atoms with Gasteiger partial charge in [0.2, 0.25) is 9.84 Å². The first-order valence-corrected chi connectivity index (χ1v) is 6.71. The van der Waals surface area contributed by atoms with E-state index in [-0.39, 0.29) is 11.3 Å². The number of benzene rings is 1. The fourth-order valence-corrected chi connectivity index (χ4v) is 3.44. The van der Waals surface area contributed by atoms with E-state index in [9.17, 15) is 13.2 Å². The summed E-state index contributed by atoms with van der Waals surface area (Å²) >= 11 is 3.23. The number of fused-ring (bicyclic) bond motifs is 1. The van der Waals surface area contributed by atoms with E-state index in [2.05, 4.69) is 15.9 Å². The quantitative estimate of drug-likeness (QED) is 0.907. The molecule has 4 nitrogen and oxygen atoms in total. The highest BCUT2D eigenvalue weighted by Crippen LogP contribution is 2.36. The van der Waals surface area contributed by atoms with Crippen molar-refractivity contribution < 1.29 is 18.3 Å². The number of sulfone groups is 1. The van der Waals surface area contributed by atoms with Crippen molar-refractivity contribution in [2.75, 3.05) is 0 Å². The number of rotatable bonds is 2. The minimum absolute atomic E-state index is 0.173. The molecule has 1 aromatic rings. The van der Waals surface area contributed by atoms with E-state index >= 15 is 0 Å². The molecule has 1 aromatic carbocycles. The van der Waals surface area contributed by atoms with Crippen LogP contribution in [-0.2, 0) is 14.6 Å². The molecule has 1 aliphatic rings. The second-order valence-electron chi connectivity index (χ2n) is 3.40. The van der Waals surface area contributed by atoms with Crippen molar-refractivity contribution in [1.82, 2.24) is 0 Å². The van der Waals surface area contributed by atoms with E-state index in [4.69, 9.17) is 5.11 Å². The Bertz CT molecular complexity index is 601. The van der Waals surface area contributed by atoms with Crippen LogP contribution in [0.5, 0.6) is 0 Å². The van der Waals surface area contributed by atoms with Crippen LogP contribution in [0.15, 0.2) is 33.0 Å². The standard InChI is InChI=1S/C10H7BrO4S/c11-7-1-2-9-8(4-7)6(3-10(12)13)5-16(9,14)15/h1-2,4-5H,3H2,(H,12,13). The molecule has 6 heteroatoms. The SMILES string of the molecule is O=C(O)CC1=CS(=O)(=O)c2ccc(Br)cc21.